The fraction of sp³-hybridized carbons (Fsp3) is 0.364. The van der Waals surface area contributed by atoms with Gasteiger partial charge in [0.1, 0.15) is 5.82 Å². The minimum absolute atomic E-state index is 0.142. The molecular weight excluding hydrogens is 381 g/mol. The third-order valence-electron chi connectivity index (χ3n) is 5.40. The van der Waals surface area contributed by atoms with Crippen LogP contribution in [0.25, 0.3) is 5.82 Å². The highest BCUT2D eigenvalue weighted by atomic mass is 31.0. The van der Waals surface area contributed by atoms with E-state index < -0.39 is 0 Å². The summed E-state index contributed by atoms with van der Waals surface area (Å²) in [6.45, 7) is 6.99. The number of piperidine rings is 1. The van der Waals surface area contributed by atoms with Gasteiger partial charge in [-0.25, -0.2) is 4.98 Å². The van der Waals surface area contributed by atoms with Gasteiger partial charge in [-0.05, 0) is 55.5 Å². The predicted molar refractivity (Wildman–Crippen MR) is 120 cm³/mol. The molecule has 6 nitrogen and oxygen atoms in total. The second-order valence-corrected chi connectivity index (χ2v) is 8.47. The second-order valence-electron chi connectivity index (χ2n) is 7.85. The molecule has 0 spiro atoms. The summed E-state index contributed by atoms with van der Waals surface area (Å²) in [7, 11) is 2.73. The van der Waals surface area contributed by atoms with Crippen LogP contribution in [0.5, 0.6) is 0 Å². The number of aliphatic hydroxyl groups is 1. The molecule has 4 rings (SSSR count). The highest BCUT2D eigenvalue weighted by molar-refractivity contribution is 7.27. The van der Waals surface area contributed by atoms with Gasteiger partial charge in [0.15, 0.2) is 0 Å². The van der Waals surface area contributed by atoms with Crippen LogP contribution in [0.15, 0.2) is 42.9 Å². The molecule has 0 aliphatic carbocycles. The van der Waals surface area contributed by atoms with E-state index in [1.54, 1.807) is 0 Å². The van der Waals surface area contributed by atoms with Gasteiger partial charge in [-0.1, -0.05) is 21.4 Å². The first-order valence-corrected chi connectivity index (χ1v) is 10.6. The summed E-state index contributed by atoms with van der Waals surface area (Å²) in [6.07, 6.45) is 7.68. The van der Waals surface area contributed by atoms with Crippen molar-refractivity contribution < 1.29 is 5.11 Å². The van der Waals surface area contributed by atoms with Crippen molar-refractivity contribution in [2.24, 2.45) is 0 Å². The molecule has 1 unspecified atom stereocenters. The van der Waals surface area contributed by atoms with E-state index in [0.717, 1.165) is 49.3 Å². The van der Waals surface area contributed by atoms with Gasteiger partial charge >= 0.3 is 0 Å². The molecule has 1 aliphatic heterocycles. The number of aromatic nitrogens is 3. The first-order chi connectivity index (χ1) is 14.0. The van der Waals surface area contributed by atoms with Crippen LogP contribution in [-0.4, -0.2) is 43.7 Å². The van der Waals surface area contributed by atoms with Gasteiger partial charge in [-0.15, -0.1) is 0 Å². The molecule has 0 amide bonds. The summed E-state index contributed by atoms with van der Waals surface area (Å²) in [4.78, 5) is 11.6. The van der Waals surface area contributed by atoms with Crippen LogP contribution >= 0.6 is 9.24 Å². The molecule has 0 bridgehead atoms. The lowest BCUT2D eigenvalue weighted by atomic mass is 10.1. The molecule has 1 atom stereocenters. The molecule has 1 saturated heterocycles. The summed E-state index contributed by atoms with van der Waals surface area (Å²) < 4.78 is 2.08. The van der Waals surface area contributed by atoms with Gasteiger partial charge in [0.05, 0.1) is 6.10 Å². The largest absolute Gasteiger partial charge is 0.393 e. The van der Waals surface area contributed by atoms with Crippen LogP contribution in [0, 0.1) is 13.8 Å². The number of rotatable bonds is 5. The van der Waals surface area contributed by atoms with Crippen molar-refractivity contribution in [3.05, 3.63) is 59.5 Å². The quantitative estimate of drug-likeness (QED) is 0.634. The van der Waals surface area contributed by atoms with Gasteiger partial charge in [0.2, 0.25) is 5.95 Å². The number of aliphatic hydroxyl groups excluding tert-OH is 1. The predicted octanol–water partition coefficient (Wildman–Crippen LogP) is 3.08. The fourth-order valence-electron chi connectivity index (χ4n) is 3.71. The molecule has 3 heterocycles. The third kappa shape index (κ3) is 4.84. The van der Waals surface area contributed by atoms with Crippen molar-refractivity contribution in [1.82, 2.24) is 19.4 Å². The van der Waals surface area contributed by atoms with Gasteiger partial charge < -0.3 is 15.0 Å². The van der Waals surface area contributed by atoms with E-state index in [1.807, 2.05) is 18.3 Å². The molecule has 0 saturated carbocycles. The smallest absolute Gasteiger partial charge is 0.229 e. The number of anilines is 2. The van der Waals surface area contributed by atoms with E-state index in [4.69, 9.17) is 4.98 Å². The van der Waals surface area contributed by atoms with Crippen LogP contribution in [0.3, 0.4) is 0 Å². The van der Waals surface area contributed by atoms with Crippen molar-refractivity contribution in [2.45, 2.75) is 39.3 Å². The van der Waals surface area contributed by atoms with Crippen molar-refractivity contribution in [3.8, 4) is 5.82 Å². The van der Waals surface area contributed by atoms with Crippen LogP contribution in [-0.2, 0) is 6.54 Å². The van der Waals surface area contributed by atoms with Crippen molar-refractivity contribution >= 4 is 26.2 Å². The number of nitrogens with zero attached hydrogens (tertiary/aromatic N) is 4. The van der Waals surface area contributed by atoms with E-state index in [9.17, 15) is 5.11 Å². The monoisotopic (exact) mass is 409 g/mol. The number of hydrogen-bond acceptors (Lipinski definition) is 5. The number of aryl methyl sites for hydroxylation is 2. The van der Waals surface area contributed by atoms with Crippen LogP contribution in [0.2, 0.25) is 0 Å². The van der Waals surface area contributed by atoms with E-state index in [2.05, 4.69) is 67.4 Å². The van der Waals surface area contributed by atoms with Crippen molar-refractivity contribution in [2.75, 3.05) is 18.4 Å². The van der Waals surface area contributed by atoms with Crippen LogP contribution < -0.4 is 10.6 Å². The van der Waals surface area contributed by atoms with E-state index in [0.29, 0.717) is 5.95 Å². The van der Waals surface area contributed by atoms with Crippen LogP contribution in [0.1, 0.15) is 29.5 Å². The zero-order chi connectivity index (χ0) is 20.4. The number of hydrogen-bond donors (Lipinski definition) is 2. The van der Waals surface area contributed by atoms with Gasteiger partial charge in [-0.3, -0.25) is 4.90 Å². The zero-order valence-corrected chi connectivity index (χ0v) is 18.1. The molecule has 152 valence electrons. The van der Waals surface area contributed by atoms with Gasteiger partial charge in [0.25, 0.3) is 0 Å². The molecule has 1 aromatic carbocycles. The average Bonchev–Trinajstić information content (AvgIpc) is 3.05. The SMILES string of the molecule is Cc1cccc(Nc2ncc(P)c(-n3cc(C)c(CN4CCC(O)CC4)c3)n2)c1. The highest BCUT2D eigenvalue weighted by Gasteiger charge is 2.18. The maximum Gasteiger partial charge on any atom is 0.229 e. The van der Waals surface area contributed by atoms with Gasteiger partial charge in [-0.2, -0.15) is 4.98 Å². The number of benzene rings is 1. The summed E-state index contributed by atoms with van der Waals surface area (Å²) >= 11 is 0. The molecule has 2 aromatic heterocycles. The Kier molecular flexibility index (Phi) is 5.95. The van der Waals surface area contributed by atoms with E-state index >= 15 is 0 Å². The van der Waals surface area contributed by atoms with Crippen LogP contribution in [0.4, 0.5) is 11.6 Å². The lowest BCUT2D eigenvalue weighted by Crippen LogP contribution is -2.35. The Bertz CT molecular complexity index is 995. The Morgan fingerprint density at radius 3 is 2.76 bits per heavy atom. The molecule has 7 heteroatoms. The molecule has 0 radical (unpaired) electrons. The fourth-order valence-corrected chi connectivity index (χ4v) is 3.99. The topological polar surface area (TPSA) is 66.2 Å². The molecule has 1 aliphatic rings. The third-order valence-corrected chi connectivity index (χ3v) is 5.81. The minimum Gasteiger partial charge on any atom is -0.393 e. The first-order valence-electron chi connectivity index (χ1n) is 10.0. The lowest BCUT2D eigenvalue weighted by molar-refractivity contribution is 0.0792. The summed E-state index contributed by atoms with van der Waals surface area (Å²) in [6, 6.07) is 8.17. The Balaban J connectivity index is 1.55. The Hall–Kier alpha value is -2.27. The second kappa shape index (κ2) is 8.62. The van der Waals surface area contributed by atoms with Crippen molar-refractivity contribution in [1.29, 1.82) is 0 Å². The highest BCUT2D eigenvalue weighted by Crippen LogP contribution is 2.20. The minimum atomic E-state index is -0.142. The van der Waals surface area contributed by atoms with Crippen molar-refractivity contribution in [3.63, 3.8) is 0 Å². The average molecular weight is 409 g/mol. The maximum atomic E-state index is 9.72. The summed E-state index contributed by atoms with van der Waals surface area (Å²) in [5, 5.41) is 14.0. The number of nitrogens with one attached hydrogen (secondary N) is 1. The molecule has 1 fully saturated rings. The number of likely N-dealkylation sites (tertiary alicyclic amines) is 1. The lowest BCUT2D eigenvalue weighted by Gasteiger charge is -2.29. The standard InChI is InChI=1S/C22H28N5OP/c1-15-4-3-5-18(10-15)24-22-23-11-20(29)21(25-22)27-12-16(2)17(14-27)13-26-8-6-19(28)7-9-26/h3-5,10-12,14,19,28H,6-9,13,29H2,1-2H3,(H,23,24,25). The van der Waals surface area contributed by atoms with E-state index in [-0.39, 0.29) is 6.10 Å². The Morgan fingerprint density at radius 2 is 2.00 bits per heavy atom. The Labute approximate surface area is 174 Å². The molecular formula is C22H28N5OP. The maximum absolute atomic E-state index is 9.72. The first kappa shape index (κ1) is 20.0. The normalized spacial score (nSPS) is 15.6. The molecule has 3 aromatic rings. The van der Waals surface area contributed by atoms with Gasteiger partial charge in [0, 0.05) is 49.2 Å². The van der Waals surface area contributed by atoms with E-state index in [1.165, 1.54) is 16.7 Å². The summed E-state index contributed by atoms with van der Waals surface area (Å²) in [5.41, 5.74) is 4.70. The molecule has 2 N–H and O–H groups in total. The summed E-state index contributed by atoms with van der Waals surface area (Å²) in [5.74, 6) is 1.43. The Morgan fingerprint density at radius 1 is 1.21 bits per heavy atom. The molecule has 29 heavy (non-hydrogen) atoms. The zero-order valence-electron chi connectivity index (χ0n) is 17.0.